The Morgan fingerprint density at radius 3 is 2.83 bits per heavy atom. The van der Waals surface area contributed by atoms with Gasteiger partial charge in [-0.05, 0) is 52.3 Å². The Bertz CT molecular complexity index is 528. The first-order valence-corrected chi connectivity index (χ1v) is 8.41. The van der Waals surface area contributed by atoms with E-state index in [9.17, 15) is 4.79 Å². The van der Waals surface area contributed by atoms with Crippen LogP contribution in [0.2, 0.25) is 5.15 Å². The standard InChI is InChI=1S/C17H26ClN3O2/c1-17(2,3)23-16(22)21-9-5-6-14(21)12-20(4)11-13-7-8-15(18)19-10-13/h7-8,10,14H,5-6,9,11-12H2,1-4H3. The highest BCUT2D eigenvalue weighted by Gasteiger charge is 2.32. The molecular weight excluding hydrogens is 314 g/mol. The van der Waals surface area contributed by atoms with Crippen molar-refractivity contribution >= 4 is 17.7 Å². The molecule has 0 radical (unpaired) electrons. The van der Waals surface area contributed by atoms with Crippen molar-refractivity contribution in [1.82, 2.24) is 14.8 Å². The fraction of sp³-hybridized carbons (Fsp3) is 0.647. The molecule has 0 aliphatic carbocycles. The minimum Gasteiger partial charge on any atom is -0.444 e. The van der Waals surface area contributed by atoms with Gasteiger partial charge in [-0.2, -0.15) is 0 Å². The van der Waals surface area contributed by atoms with Gasteiger partial charge in [-0.15, -0.1) is 0 Å². The molecule has 23 heavy (non-hydrogen) atoms. The van der Waals surface area contributed by atoms with E-state index in [1.54, 1.807) is 12.3 Å². The second kappa shape index (κ2) is 7.49. The van der Waals surface area contributed by atoms with Gasteiger partial charge in [-0.1, -0.05) is 17.7 Å². The maximum absolute atomic E-state index is 12.3. The molecule has 1 atom stereocenters. The molecule has 1 unspecified atom stereocenters. The van der Waals surface area contributed by atoms with Gasteiger partial charge in [0.1, 0.15) is 10.8 Å². The SMILES string of the molecule is CN(Cc1ccc(Cl)nc1)CC1CCCN1C(=O)OC(C)(C)C. The number of likely N-dealkylation sites (N-methyl/N-ethyl adjacent to an activating group) is 1. The molecule has 1 aliphatic heterocycles. The van der Waals surface area contributed by atoms with Crippen LogP contribution in [0.4, 0.5) is 4.79 Å². The number of pyridine rings is 1. The molecule has 5 nitrogen and oxygen atoms in total. The molecule has 6 heteroatoms. The molecule has 0 N–H and O–H groups in total. The van der Waals surface area contributed by atoms with E-state index in [1.807, 2.05) is 31.7 Å². The number of amides is 1. The zero-order chi connectivity index (χ0) is 17.0. The highest BCUT2D eigenvalue weighted by atomic mass is 35.5. The lowest BCUT2D eigenvalue weighted by molar-refractivity contribution is 0.0201. The van der Waals surface area contributed by atoms with Crippen LogP contribution < -0.4 is 0 Å². The Kier molecular flexibility index (Phi) is 5.87. The molecule has 1 aromatic heterocycles. The average Bonchev–Trinajstić information content (AvgIpc) is 2.87. The first kappa shape index (κ1) is 18.0. The van der Waals surface area contributed by atoms with Gasteiger partial charge in [0.05, 0.1) is 0 Å². The molecule has 0 aromatic carbocycles. The molecular formula is C17H26ClN3O2. The van der Waals surface area contributed by atoms with Gasteiger partial charge in [0.25, 0.3) is 0 Å². The fourth-order valence-electron chi connectivity index (χ4n) is 2.82. The van der Waals surface area contributed by atoms with Crippen LogP contribution in [0.15, 0.2) is 18.3 Å². The summed E-state index contributed by atoms with van der Waals surface area (Å²) < 4.78 is 5.51. The largest absolute Gasteiger partial charge is 0.444 e. The third-order valence-electron chi connectivity index (χ3n) is 3.77. The number of ether oxygens (including phenoxy) is 1. The fourth-order valence-corrected chi connectivity index (χ4v) is 2.93. The van der Waals surface area contributed by atoms with Crippen LogP contribution in [0.3, 0.4) is 0 Å². The van der Waals surface area contributed by atoms with Gasteiger partial charge in [0, 0.05) is 31.9 Å². The minimum atomic E-state index is -0.453. The number of rotatable bonds is 4. The summed E-state index contributed by atoms with van der Waals surface area (Å²) in [5.41, 5.74) is 0.657. The average molecular weight is 340 g/mol. The lowest BCUT2D eigenvalue weighted by atomic mass is 10.2. The van der Waals surface area contributed by atoms with Crippen LogP contribution in [0, 0.1) is 0 Å². The monoisotopic (exact) mass is 339 g/mol. The Labute approximate surface area is 143 Å². The second-order valence-electron chi connectivity index (χ2n) is 7.16. The third-order valence-corrected chi connectivity index (χ3v) is 3.99. The maximum Gasteiger partial charge on any atom is 0.410 e. The Morgan fingerprint density at radius 2 is 2.22 bits per heavy atom. The van der Waals surface area contributed by atoms with Crippen molar-refractivity contribution in [2.45, 2.75) is 51.8 Å². The summed E-state index contributed by atoms with van der Waals surface area (Å²) in [4.78, 5) is 20.5. The van der Waals surface area contributed by atoms with Gasteiger partial charge in [0.2, 0.25) is 0 Å². The first-order valence-electron chi connectivity index (χ1n) is 8.03. The van der Waals surface area contributed by atoms with Crippen LogP contribution >= 0.6 is 11.6 Å². The van der Waals surface area contributed by atoms with E-state index in [-0.39, 0.29) is 12.1 Å². The van der Waals surface area contributed by atoms with E-state index < -0.39 is 5.60 Å². The summed E-state index contributed by atoms with van der Waals surface area (Å²) in [6, 6.07) is 3.98. The van der Waals surface area contributed by atoms with Gasteiger partial charge < -0.3 is 14.5 Å². The van der Waals surface area contributed by atoms with E-state index in [0.29, 0.717) is 5.15 Å². The van der Waals surface area contributed by atoms with E-state index in [2.05, 4.69) is 16.9 Å². The van der Waals surface area contributed by atoms with Gasteiger partial charge in [0.15, 0.2) is 0 Å². The van der Waals surface area contributed by atoms with E-state index >= 15 is 0 Å². The molecule has 128 valence electrons. The number of carbonyl (C=O) groups excluding carboxylic acids is 1. The van der Waals surface area contributed by atoms with Crippen molar-refractivity contribution in [3.63, 3.8) is 0 Å². The van der Waals surface area contributed by atoms with Gasteiger partial charge >= 0.3 is 6.09 Å². The Balaban J connectivity index is 1.90. The number of hydrogen-bond donors (Lipinski definition) is 0. The van der Waals surface area contributed by atoms with Crippen molar-refractivity contribution < 1.29 is 9.53 Å². The van der Waals surface area contributed by atoms with Crippen molar-refractivity contribution in [2.24, 2.45) is 0 Å². The number of halogens is 1. The van der Waals surface area contributed by atoms with Gasteiger partial charge in [-0.25, -0.2) is 9.78 Å². The summed E-state index contributed by atoms with van der Waals surface area (Å²) in [5.74, 6) is 0. The molecule has 1 fully saturated rings. The summed E-state index contributed by atoms with van der Waals surface area (Å²) in [6.45, 7) is 8.07. The summed E-state index contributed by atoms with van der Waals surface area (Å²) in [5, 5.41) is 0.503. The number of aromatic nitrogens is 1. The zero-order valence-corrected chi connectivity index (χ0v) is 15.1. The van der Waals surface area contributed by atoms with Crippen molar-refractivity contribution in [2.75, 3.05) is 20.1 Å². The van der Waals surface area contributed by atoms with Crippen LogP contribution in [0.5, 0.6) is 0 Å². The smallest absolute Gasteiger partial charge is 0.410 e. The first-order chi connectivity index (χ1) is 10.7. The van der Waals surface area contributed by atoms with Crippen LogP contribution in [0.1, 0.15) is 39.2 Å². The number of nitrogens with zero attached hydrogens (tertiary/aromatic N) is 3. The topological polar surface area (TPSA) is 45.7 Å². The van der Waals surface area contributed by atoms with Crippen LogP contribution in [-0.2, 0) is 11.3 Å². The molecule has 1 aliphatic rings. The Hall–Kier alpha value is -1.33. The number of carbonyl (C=O) groups is 1. The lowest BCUT2D eigenvalue weighted by Gasteiger charge is -2.31. The number of hydrogen-bond acceptors (Lipinski definition) is 4. The zero-order valence-electron chi connectivity index (χ0n) is 14.4. The molecule has 1 amide bonds. The second-order valence-corrected chi connectivity index (χ2v) is 7.54. The van der Waals surface area contributed by atoms with E-state index in [0.717, 1.165) is 38.0 Å². The Morgan fingerprint density at radius 1 is 1.48 bits per heavy atom. The summed E-state index contributed by atoms with van der Waals surface area (Å²) >= 11 is 5.81. The number of likely N-dealkylation sites (tertiary alicyclic amines) is 1. The van der Waals surface area contributed by atoms with Crippen LogP contribution in [0.25, 0.3) is 0 Å². The van der Waals surface area contributed by atoms with Crippen molar-refractivity contribution in [3.05, 3.63) is 29.0 Å². The van der Waals surface area contributed by atoms with Crippen molar-refractivity contribution in [1.29, 1.82) is 0 Å². The van der Waals surface area contributed by atoms with E-state index in [1.165, 1.54) is 0 Å². The molecule has 2 heterocycles. The normalized spacial score (nSPS) is 18.5. The highest BCUT2D eigenvalue weighted by molar-refractivity contribution is 6.29. The lowest BCUT2D eigenvalue weighted by Crippen LogP contribution is -2.44. The molecule has 0 spiro atoms. The quantitative estimate of drug-likeness (QED) is 0.787. The molecule has 1 saturated heterocycles. The highest BCUT2D eigenvalue weighted by Crippen LogP contribution is 2.22. The van der Waals surface area contributed by atoms with E-state index in [4.69, 9.17) is 16.3 Å². The van der Waals surface area contributed by atoms with Gasteiger partial charge in [-0.3, -0.25) is 0 Å². The van der Waals surface area contributed by atoms with Crippen LogP contribution in [-0.4, -0.2) is 52.7 Å². The molecule has 0 bridgehead atoms. The summed E-state index contributed by atoms with van der Waals surface area (Å²) in [7, 11) is 2.06. The minimum absolute atomic E-state index is 0.204. The maximum atomic E-state index is 12.3. The predicted octanol–water partition coefficient (Wildman–Crippen LogP) is 3.57. The third kappa shape index (κ3) is 5.66. The predicted molar refractivity (Wildman–Crippen MR) is 91.5 cm³/mol. The molecule has 1 aromatic rings. The van der Waals surface area contributed by atoms with Crippen molar-refractivity contribution in [3.8, 4) is 0 Å². The summed E-state index contributed by atoms with van der Waals surface area (Å²) in [6.07, 6.45) is 3.63. The molecule has 2 rings (SSSR count). The molecule has 0 saturated carbocycles.